The molecule has 0 N–H and O–H groups in total. The second-order valence-corrected chi connectivity index (χ2v) is 5.89. The summed E-state index contributed by atoms with van der Waals surface area (Å²) < 4.78 is 7.94. The molecule has 1 aromatic carbocycles. The van der Waals surface area contributed by atoms with Gasteiger partial charge in [0.25, 0.3) is 0 Å². The van der Waals surface area contributed by atoms with Gasteiger partial charge in [0.05, 0.1) is 11.4 Å². The standard InChI is InChI=1S/C15H18N2O/c1-10-8-17-12-6-5-11(15(2,3)4)7-13(12)18-9-14(17)16-10/h5-8H,9H2,1-4H3. The minimum atomic E-state index is 0.142. The van der Waals surface area contributed by atoms with E-state index in [1.165, 1.54) is 5.56 Å². The van der Waals surface area contributed by atoms with Gasteiger partial charge in [-0.1, -0.05) is 26.8 Å². The van der Waals surface area contributed by atoms with E-state index in [0.29, 0.717) is 6.61 Å². The fourth-order valence-electron chi connectivity index (χ4n) is 2.30. The molecule has 0 radical (unpaired) electrons. The number of imidazole rings is 1. The Balaban J connectivity index is 2.14. The summed E-state index contributed by atoms with van der Waals surface area (Å²) in [5, 5.41) is 0. The number of benzene rings is 1. The Bertz CT molecular complexity index is 605. The molecule has 1 aliphatic heterocycles. The number of aromatic nitrogens is 2. The summed E-state index contributed by atoms with van der Waals surface area (Å²) >= 11 is 0. The molecule has 0 saturated heterocycles. The van der Waals surface area contributed by atoms with Gasteiger partial charge in [0.15, 0.2) is 5.82 Å². The Morgan fingerprint density at radius 2 is 2.06 bits per heavy atom. The van der Waals surface area contributed by atoms with Gasteiger partial charge < -0.3 is 4.74 Å². The Labute approximate surface area is 107 Å². The third-order valence-corrected chi connectivity index (χ3v) is 3.34. The van der Waals surface area contributed by atoms with Gasteiger partial charge in [-0.15, -0.1) is 0 Å². The van der Waals surface area contributed by atoms with Crippen molar-refractivity contribution in [3.05, 3.63) is 41.5 Å². The van der Waals surface area contributed by atoms with Gasteiger partial charge in [-0.3, -0.25) is 4.57 Å². The predicted molar refractivity (Wildman–Crippen MR) is 71.3 cm³/mol. The van der Waals surface area contributed by atoms with Crippen molar-refractivity contribution in [1.82, 2.24) is 9.55 Å². The molecule has 2 aromatic rings. The molecule has 0 aliphatic carbocycles. The van der Waals surface area contributed by atoms with Crippen LogP contribution in [0.15, 0.2) is 24.4 Å². The molecule has 0 amide bonds. The van der Waals surface area contributed by atoms with Crippen LogP contribution in [0.3, 0.4) is 0 Å². The van der Waals surface area contributed by atoms with Crippen molar-refractivity contribution in [3.63, 3.8) is 0 Å². The Morgan fingerprint density at radius 3 is 2.78 bits per heavy atom. The number of ether oxygens (including phenoxy) is 1. The maximum Gasteiger partial charge on any atom is 0.151 e. The van der Waals surface area contributed by atoms with Crippen LogP contribution in [0.5, 0.6) is 5.75 Å². The Hall–Kier alpha value is -1.77. The number of hydrogen-bond donors (Lipinski definition) is 0. The second kappa shape index (κ2) is 3.61. The Kier molecular flexibility index (Phi) is 2.27. The number of rotatable bonds is 0. The first-order valence-electron chi connectivity index (χ1n) is 6.28. The summed E-state index contributed by atoms with van der Waals surface area (Å²) in [6.07, 6.45) is 2.06. The SMILES string of the molecule is Cc1cn2c(n1)COc1cc(C(C)(C)C)ccc1-2. The zero-order valence-electron chi connectivity index (χ0n) is 11.3. The normalized spacial score (nSPS) is 13.8. The smallest absolute Gasteiger partial charge is 0.151 e. The lowest BCUT2D eigenvalue weighted by Crippen LogP contribution is -2.16. The summed E-state index contributed by atoms with van der Waals surface area (Å²) in [6, 6.07) is 6.44. The van der Waals surface area contributed by atoms with Crippen LogP contribution in [-0.4, -0.2) is 9.55 Å². The van der Waals surface area contributed by atoms with E-state index in [-0.39, 0.29) is 5.41 Å². The lowest BCUT2D eigenvalue weighted by Gasteiger charge is -2.24. The number of fused-ring (bicyclic) bond motifs is 3. The van der Waals surface area contributed by atoms with E-state index >= 15 is 0 Å². The Morgan fingerprint density at radius 1 is 1.28 bits per heavy atom. The summed E-state index contributed by atoms with van der Waals surface area (Å²) in [5.74, 6) is 1.93. The molecular weight excluding hydrogens is 224 g/mol. The van der Waals surface area contributed by atoms with Crippen molar-refractivity contribution in [3.8, 4) is 11.4 Å². The van der Waals surface area contributed by atoms with Gasteiger partial charge in [0.1, 0.15) is 12.4 Å². The first kappa shape index (κ1) is 11.3. The van der Waals surface area contributed by atoms with Crippen LogP contribution in [0.2, 0.25) is 0 Å². The largest absolute Gasteiger partial charge is 0.483 e. The van der Waals surface area contributed by atoms with Crippen molar-refractivity contribution in [1.29, 1.82) is 0 Å². The molecule has 0 fully saturated rings. The highest BCUT2D eigenvalue weighted by Crippen LogP contribution is 2.34. The molecule has 3 rings (SSSR count). The van der Waals surface area contributed by atoms with Gasteiger partial charge in [-0.2, -0.15) is 0 Å². The van der Waals surface area contributed by atoms with Crippen LogP contribution in [0.25, 0.3) is 5.69 Å². The van der Waals surface area contributed by atoms with E-state index in [4.69, 9.17) is 4.74 Å². The summed E-state index contributed by atoms with van der Waals surface area (Å²) in [4.78, 5) is 4.46. The lowest BCUT2D eigenvalue weighted by atomic mass is 9.87. The van der Waals surface area contributed by atoms with E-state index in [2.05, 4.69) is 54.7 Å². The summed E-state index contributed by atoms with van der Waals surface area (Å²) in [6.45, 7) is 9.20. The minimum absolute atomic E-state index is 0.142. The van der Waals surface area contributed by atoms with E-state index < -0.39 is 0 Å². The quantitative estimate of drug-likeness (QED) is 0.708. The van der Waals surface area contributed by atoms with E-state index in [1.54, 1.807) is 0 Å². The topological polar surface area (TPSA) is 27.1 Å². The molecule has 0 unspecified atom stereocenters. The van der Waals surface area contributed by atoms with Gasteiger partial charge in [-0.25, -0.2) is 4.98 Å². The molecule has 3 nitrogen and oxygen atoms in total. The number of nitrogens with zero attached hydrogens (tertiary/aromatic N) is 2. The van der Waals surface area contributed by atoms with Crippen LogP contribution >= 0.6 is 0 Å². The van der Waals surface area contributed by atoms with E-state index in [9.17, 15) is 0 Å². The van der Waals surface area contributed by atoms with Gasteiger partial charge in [-0.05, 0) is 30.0 Å². The van der Waals surface area contributed by atoms with Gasteiger partial charge >= 0.3 is 0 Å². The van der Waals surface area contributed by atoms with Crippen molar-refractivity contribution in [2.45, 2.75) is 39.7 Å². The average molecular weight is 242 g/mol. The first-order chi connectivity index (χ1) is 8.45. The van der Waals surface area contributed by atoms with Crippen molar-refractivity contribution in [2.75, 3.05) is 0 Å². The highest BCUT2D eigenvalue weighted by molar-refractivity contribution is 5.52. The van der Waals surface area contributed by atoms with E-state index in [0.717, 1.165) is 23.0 Å². The van der Waals surface area contributed by atoms with Crippen LogP contribution < -0.4 is 4.74 Å². The molecule has 0 saturated carbocycles. The molecule has 1 aromatic heterocycles. The maximum atomic E-state index is 5.82. The zero-order valence-corrected chi connectivity index (χ0v) is 11.3. The molecule has 2 heterocycles. The number of aryl methyl sites for hydroxylation is 1. The number of hydrogen-bond acceptors (Lipinski definition) is 2. The minimum Gasteiger partial charge on any atom is -0.483 e. The highest BCUT2D eigenvalue weighted by Gasteiger charge is 2.21. The van der Waals surface area contributed by atoms with Gasteiger partial charge in [0, 0.05) is 6.20 Å². The molecule has 3 heteroatoms. The molecule has 1 aliphatic rings. The zero-order chi connectivity index (χ0) is 12.9. The first-order valence-corrected chi connectivity index (χ1v) is 6.28. The maximum absolute atomic E-state index is 5.82. The summed E-state index contributed by atoms with van der Waals surface area (Å²) in [5.41, 5.74) is 3.55. The van der Waals surface area contributed by atoms with Crippen molar-refractivity contribution in [2.24, 2.45) is 0 Å². The van der Waals surface area contributed by atoms with Crippen molar-refractivity contribution >= 4 is 0 Å². The van der Waals surface area contributed by atoms with E-state index in [1.807, 2.05) is 6.92 Å². The molecule has 18 heavy (non-hydrogen) atoms. The molecule has 0 atom stereocenters. The third-order valence-electron chi connectivity index (χ3n) is 3.34. The van der Waals surface area contributed by atoms with Crippen LogP contribution in [0.1, 0.15) is 37.9 Å². The second-order valence-electron chi connectivity index (χ2n) is 5.89. The fraction of sp³-hybridized carbons (Fsp3) is 0.400. The van der Waals surface area contributed by atoms with Crippen LogP contribution in [0, 0.1) is 6.92 Å². The average Bonchev–Trinajstić information content (AvgIpc) is 2.68. The molecular formula is C15H18N2O. The lowest BCUT2D eigenvalue weighted by molar-refractivity contribution is 0.279. The molecule has 0 bridgehead atoms. The highest BCUT2D eigenvalue weighted by atomic mass is 16.5. The predicted octanol–water partition coefficient (Wildman–Crippen LogP) is 3.37. The summed E-state index contributed by atoms with van der Waals surface area (Å²) in [7, 11) is 0. The van der Waals surface area contributed by atoms with Gasteiger partial charge in [0.2, 0.25) is 0 Å². The van der Waals surface area contributed by atoms with Crippen LogP contribution in [-0.2, 0) is 12.0 Å². The third kappa shape index (κ3) is 1.70. The fourth-order valence-corrected chi connectivity index (χ4v) is 2.30. The monoisotopic (exact) mass is 242 g/mol. The molecule has 0 spiro atoms. The van der Waals surface area contributed by atoms with Crippen molar-refractivity contribution < 1.29 is 4.74 Å². The molecule has 94 valence electrons. The van der Waals surface area contributed by atoms with Crippen LogP contribution in [0.4, 0.5) is 0 Å².